The molecule has 0 aliphatic heterocycles. The Hall–Kier alpha value is -2.05. The number of carboxylic acids is 1. The standard InChI is InChI=1S/C18H27NO6/c1-4-12-6-13-8-18(9-15(20)21,14(13)7-12)10-19-17(23)25-11(3)24-16(22)5-2/h7,11,13-14H,4-6,8-10H2,1-3H3,(H,19,23)(H,20,21)/t11-,13-,14-,18-/m0/s1. The van der Waals surface area contributed by atoms with Gasteiger partial charge in [0.15, 0.2) is 0 Å². The van der Waals surface area contributed by atoms with Gasteiger partial charge in [-0.1, -0.05) is 25.5 Å². The summed E-state index contributed by atoms with van der Waals surface area (Å²) in [6.07, 6.45) is 3.51. The number of esters is 1. The highest BCUT2D eigenvalue weighted by Crippen LogP contribution is 2.59. The third kappa shape index (κ3) is 4.52. The van der Waals surface area contributed by atoms with Gasteiger partial charge in [-0.05, 0) is 31.1 Å². The monoisotopic (exact) mass is 353 g/mol. The second kappa shape index (κ2) is 7.89. The van der Waals surface area contributed by atoms with Crippen LogP contribution >= 0.6 is 0 Å². The number of hydrogen-bond acceptors (Lipinski definition) is 5. The molecule has 1 fully saturated rings. The van der Waals surface area contributed by atoms with E-state index in [1.54, 1.807) is 6.92 Å². The maximum absolute atomic E-state index is 11.9. The number of nitrogens with one attached hydrogen (secondary N) is 1. The normalized spacial score (nSPS) is 28.2. The van der Waals surface area contributed by atoms with Gasteiger partial charge in [0.05, 0.1) is 6.42 Å². The average molecular weight is 353 g/mol. The van der Waals surface area contributed by atoms with E-state index < -0.39 is 29.7 Å². The molecule has 0 unspecified atom stereocenters. The van der Waals surface area contributed by atoms with E-state index in [-0.39, 0.29) is 25.3 Å². The van der Waals surface area contributed by atoms with Gasteiger partial charge >= 0.3 is 18.0 Å². The van der Waals surface area contributed by atoms with Gasteiger partial charge in [-0.2, -0.15) is 0 Å². The van der Waals surface area contributed by atoms with E-state index in [0.717, 1.165) is 19.3 Å². The van der Waals surface area contributed by atoms with Gasteiger partial charge in [0, 0.05) is 25.3 Å². The van der Waals surface area contributed by atoms with Crippen LogP contribution in [0.4, 0.5) is 4.79 Å². The van der Waals surface area contributed by atoms with Gasteiger partial charge in [-0.3, -0.25) is 9.59 Å². The van der Waals surface area contributed by atoms with Crippen molar-refractivity contribution in [1.82, 2.24) is 5.32 Å². The van der Waals surface area contributed by atoms with Crippen molar-refractivity contribution < 1.29 is 29.0 Å². The average Bonchev–Trinajstić information content (AvgIpc) is 2.88. The summed E-state index contributed by atoms with van der Waals surface area (Å²) < 4.78 is 9.87. The van der Waals surface area contributed by atoms with Crippen molar-refractivity contribution in [3.8, 4) is 0 Å². The number of allylic oxidation sites excluding steroid dienone is 2. The summed E-state index contributed by atoms with van der Waals surface area (Å²) in [5.41, 5.74) is 0.903. The minimum atomic E-state index is -0.977. The largest absolute Gasteiger partial charge is 0.481 e. The third-order valence-corrected chi connectivity index (χ3v) is 5.22. The molecule has 7 nitrogen and oxygen atoms in total. The molecule has 140 valence electrons. The van der Waals surface area contributed by atoms with E-state index in [0.29, 0.717) is 5.92 Å². The van der Waals surface area contributed by atoms with Gasteiger partial charge in [0.1, 0.15) is 0 Å². The van der Waals surface area contributed by atoms with Gasteiger partial charge in [0.2, 0.25) is 6.29 Å². The van der Waals surface area contributed by atoms with Crippen LogP contribution in [0.1, 0.15) is 52.9 Å². The third-order valence-electron chi connectivity index (χ3n) is 5.22. The first-order valence-corrected chi connectivity index (χ1v) is 8.85. The van der Waals surface area contributed by atoms with Crippen molar-refractivity contribution in [3.05, 3.63) is 11.6 Å². The summed E-state index contributed by atoms with van der Waals surface area (Å²) in [6, 6.07) is 0. The summed E-state index contributed by atoms with van der Waals surface area (Å²) in [7, 11) is 0. The van der Waals surface area contributed by atoms with Crippen molar-refractivity contribution in [2.45, 2.75) is 59.2 Å². The van der Waals surface area contributed by atoms with E-state index in [1.807, 2.05) is 0 Å². The molecule has 0 heterocycles. The Kier molecular flexibility index (Phi) is 6.08. The first-order chi connectivity index (χ1) is 11.8. The first-order valence-electron chi connectivity index (χ1n) is 8.85. The number of carbonyl (C=O) groups is 3. The van der Waals surface area contributed by atoms with Crippen LogP contribution in [0.5, 0.6) is 0 Å². The van der Waals surface area contributed by atoms with E-state index in [1.165, 1.54) is 12.5 Å². The lowest BCUT2D eigenvalue weighted by atomic mass is 9.53. The van der Waals surface area contributed by atoms with E-state index in [9.17, 15) is 19.5 Å². The lowest BCUT2D eigenvalue weighted by Crippen LogP contribution is -2.53. The number of hydrogen-bond donors (Lipinski definition) is 2. The smallest absolute Gasteiger partial charge is 0.410 e. The lowest BCUT2D eigenvalue weighted by molar-refractivity contribution is -0.164. The molecular weight excluding hydrogens is 326 g/mol. The molecule has 1 saturated carbocycles. The van der Waals surface area contributed by atoms with Crippen LogP contribution < -0.4 is 5.32 Å². The number of rotatable bonds is 8. The molecule has 0 spiro atoms. The molecule has 4 atom stereocenters. The molecular formula is C18H27NO6. The van der Waals surface area contributed by atoms with Gasteiger partial charge in [-0.25, -0.2) is 4.79 Å². The minimum absolute atomic E-state index is 0.0162. The zero-order chi connectivity index (χ0) is 18.6. The van der Waals surface area contributed by atoms with Crippen molar-refractivity contribution in [2.24, 2.45) is 17.3 Å². The molecule has 0 saturated heterocycles. The highest BCUT2D eigenvalue weighted by atomic mass is 16.7. The van der Waals surface area contributed by atoms with Gasteiger partial charge < -0.3 is 19.9 Å². The van der Waals surface area contributed by atoms with Crippen molar-refractivity contribution in [1.29, 1.82) is 0 Å². The fourth-order valence-electron chi connectivity index (χ4n) is 4.03. The Morgan fingerprint density at radius 2 is 2.08 bits per heavy atom. The summed E-state index contributed by atoms with van der Waals surface area (Å²) >= 11 is 0. The maximum atomic E-state index is 11.9. The lowest BCUT2D eigenvalue weighted by Gasteiger charge is -2.51. The highest BCUT2D eigenvalue weighted by Gasteiger charge is 2.55. The van der Waals surface area contributed by atoms with Crippen molar-refractivity contribution in [2.75, 3.05) is 6.54 Å². The zero-order valence-corrected chi connectivity index (χ0v) is 15.0. The van der Waals surface area contributed by atoms with Crippen molar-refractivity contribution >= 4 is 18.0 Å². The fourth-order valence-corrected chi connectivity index (χ4v) is 4.03. The van der Waals surface area contributed by atoms with Crippen LogP contribution in [-0.2, 0) is 19.1 Å². The van der Waals surface area contributed by atoms with Gasteiger partial charge in [-0.15, -0.1) is 0 Å². The molecule has 0 aromatic heterocycles. The number of aliphatic carboxylic acids is 1. The van der Waals surface area contributed by atoms with Crippen LogP contribution in [0, 0.1) is 17.3 Å². The predicted molar refractivity (Wildman–Crippen MR) is 89.6 cm³/mol. The maximum Gasteiger partial charge on any atom is 0.410 e. The summed E-state index contributed by atoms with van der Waals surface area (Å²) in [5, 5.41) is 11.9. The SMILES string of the molecule is CCC(=O)O[C@H](C)OC(=O)NC[C@@]1(CC(=O)O)C[C@@H]2CC(CC)=C[C@@H]21. The number of ether oxygens (including phenoxy) is 2. The molecule has 0 aromatic rings. The second-order valence-corrected chi connectivity index (χ2v) is 6.98. The Morgan fingerprint density at radius 3 is 2.68 bits per heavy atom. The molecule has 0 radical (unpaired) electrons. The van der Waals surface area contributed by atoms with Crippen LogP contribution in [-0.4, -0.2) is 36.0 Å². The quantitative estimate of drug-likeness (QED) is 0.395. The fraction of sp³-hybridized carbons (Fsp3) is 0.722. The molecule has 2 N–H and O–H groups in total. The Labute approximate surface area is 147 Å². The molecule has 0 bridgehead atoms. The number of carboxylic acid groups (broad SMARTS) is 1. The van der Waals surface area contributed by atoms with E-state index in [4.69, 9.17) is 9.47 Å². The number of fused-ring (bicyclic) bond motifs is 1. The number of amides is 1. The van der Waals surface area contributed by atoms with E-state index >= 15 is 0 Å². The zero-order valence-electron chi connectivity index (χ0n) is 15.0. The molecule has 2 rings (SSSR count). The predicted octanol–water partition coefficient (Wildman–Crippen LogP) is 2.85. The molecule has 1 amide bonds. The van der Waals surface area contributed by atoms with Crippen LogP contribution in [0.15, 0.2) is 11.6 Å². The molecule has 2 aliphatic carbocycles. The molecule has 7 heteroatoms. The van der Waals surface area contributed by atoms with Crippen molar-refractivity contribution in [3.63, 3.8) is 0 Å². The van der Waals surface area contributed by atoms with E-state index in [2.05, 4.69) is 18.3 Å². The Balaban J connectivity index is 1.91. The Morgan fingerprint density at radius 1 is 1.36 bits per heavy atom. The summed E-state index contributed by atoms with van der Waals surface area (Å²) in [6.45, 7) is 5.45. The minimum Gasteiger partial charge on any atom is -0.481 e. The summed E-state index contributed by atoms with van der Waals surface area (Å²) in [5.74, 6) is -0.643. The molecule has 2 aliphatic rings. The molecule has 25 heavy (non-hydrogen) atoms. The van der Waals surface area contributed by atoms with Crippen LogP contribution in [0.25, 0.3) is 0 Å². The van der Waals surface area contributed by atoms with Crippen LogP contribution in [0.3, 0.4) is 0 Å². The Bertz CT molecular complexity index is 572. The second-order valence-electron chi connectivity index (χ2n) is 6.98. The van der Waals surface area contributed by atoms with Gasteiger partial charge in [0.25, 0.3) is 0 Å². The number of carbonyl (C=O) groups excluding carboxylic acids is 2. The topological polar surface area (TPSA) is 102 Å². The highest BCUT2D eigenvalue weighted by molar-refractivity contribution is 5.71. The molecule has 0 aromatic carbocycles. The summed E-state index contributed by atoms with van der Waals surface area (Å²) in [4.78, 5) is 34.4. The first kappa shape index (κ1) is 19.3. The van der Waals surface area contributed by atoms with Crippen LogP contribution in [0.2, 0.25) is 0 Å². The number of alkyl carbamates (subject to hydrolysis) is 1.